The zero-order valence-corrected chi connectivity index (χ0v) is 12.7. The standard InChI is InChI=1S/C16H20ClNO3/c17-13-8-12(16(20)21)9-14(10-13)18-15(19)7-6-11-4-2-1-3-5-11/h8-11H,1-7H2,(H,18,19)(H,20,21). The van der Waals surface area contributed by atoms with Gasteiger partial charge in [-0.3, -0.25) is 4.79 Å². The minimum atomic E-state index is -1.06. The number of halogens is 1. The molecule has 0 aromatic heterocycles. The summed E-state index contributed by atoms with van der Waals surface area (Å²) >= 11 is 5.86. The Labute approximate surface area is 129 Å². The van der Waals surface area contributed by atoms with Crippen LogP contribution in [0.25, 0.3) is 0 Å². The smallest absolute Gasteiger partial charge is 0.335 e. The van der Waals surface area contributed by atoms with Gasteiger partial charge in [0.25, 0.3) is 0 Å². The van der Waals surface area contributed by atoms with Gasteiger partial charge >= 0.3 is 5.97 Å². The molecule has 0 spiro atoms. The number of carboxylic acid groups (broad SMARTS) is 1. The largest absolute Gasteiger partial charge is 0.478 e. The number of hydrogen-bond donors (Lipinski definition) is 2. The predicted octanol–water partition coefficient (Wildman–Crippen LogP) is 4.34. The Morgan fingerprint density at radius 3 is 2.57 bits per heavy atom. The van der Waals surface area contributed by atoms with Gasteiger partial charge in [0.15, 0.2) is 0 Å². The average molecular weight is 310 g/mol. The van der Waals surface area contributed by atoms with E-state index in [9.17, 15) is 9.59 Å². The molecule has 21 heavy (non-hydrogen) atoms. The Morgan fingerprint density at radius 1 is 1.19 bits per heavy atom. The molecule has 0 bridgehead atoms. The molecule has 4 nitrogen and oxygen atoms in total. The van der Waals surface area contributed by atoms with Crippen molar-refractivity contribution >= 4 is 29.2 Å². The van der Waals surface area contributed by atoms with Gasteiger partial charge in [0.1, 0.15) is 0 Å². The summed E-state index contributed by atoms with van der Waals surface area (Å²) in [6, 6.07) is 4.35. The van der Waals surface area contributed by atoms with Gasteiger partial charge < -0.3 is 10.4 Å². The van der Waals surface area contributed by atoms with E-state index in [-0.39, 0.29) is 11.5 Å². The van der Waals surface area contributed by atoms with Gasteiger partial charge in [0.2, 0.25) is 5.91 Å². The molecule has 0 unspecified atom stereocenters. The molecule has 0 saturated heterocycles. The van der Waals surface area contributed by atoms with Crippen LogP contribution in [0.15, 0.2) is 18.2 Å². The average Bonchev–Trinajstić information content (AvgIpc) is 2.45. The van der Waals surface area contributed by atoms with Crippen LogP contribution in [0.1, 0.15) is 55.3 Å². The molecule has 2 N–H and O–H groups in total. The molecule has 0 atom stereocenters. The highest BCUT2D eigenvalue weighted by molar-refractivity contribution is 6.31. The van der Waals surface area contributed by atoms with E-state index >= 15 is 0 Å². The number of amides is 1. The summed E-state index contributed by atoms with van der Waals surface area (Å²) in [5, 5.41) is 12.0. The Bertz CT molecular complexity index is 524. The summed E-state index contributed by atoms with van der Waals surface area (Å²) in [6.45, 7) is 0. The lowest BCUT2D eigenvalue weighted by atomic mass is 9.86. The summed E-state index contributed by atoms with van der Waals surface area (Å²) < 4.78 is 0. The Balaban J connectivity index is 1.88. The quantitative estimate of drug-likeness (QED) is 0.850. The lowest BCUT2D eigenvalue weighted by Gasteiger charge is -2.21. The van der Waals surface area contributed by atoms with Crippen LogP contribution in [-0.4, -0.2) is 17.0 Å². The minimum absolute atomic E-state index is 0.0741. The second-order valence-electron chi connectivity index (χ2n) is 5.62. The van der Waals surface area contributed by atoms with Crippen LogP contribution in [0.2, 0.25) is 5.02 Å². The van der Waals surface area contributed by atoms with Gasteiger partial charge in [0, 0.05) is 17.1 Å². The number of rotatable bonds is 5. The maximum absolute atomic E-state index is 11.9. The third kappa shape index (κ3) is 5.05. The fourth-order valence-corrected chi connectivity index (χ4v) is 3.05. The molecule has 1 aromatic rings. The summed E-state index contributed by atoms with van der Waals surface area (Å²) in [5.41, 5.74) is 0.513. The maximum atomic E-state index is 11.9. The number of aromatic carboxylic acids is 1. The van der Waals surface area contributed by atoms with Crippen LogP contribution in [0.4, 0.5) is 5.69 Å². The lowest BCUT2D eigenvalue weighted by molar-refractivity contribution is -0.116. The number of anilines is 1. The highest BCUT2D eigenvalue weighted by Gasteiger charge is 2.15. The Hall–Kier alpha value is -1.55. The van der Waals surface area contributed by atoms with Crippen LogP contribution in [0.3, 0.4) is 0 Å². The van der Waals surface area contributed by atoms with E-state index in [4.69, 9.17) is 16.7 Å². The first-order valence-electron chi connectivity index (χ1n) is 7.38. The normalized spacial score (nSPS) is 15.7. The molecular formula is C16H20ClNO3. The maximum Gasteiger partial charge on any atom is 0.335 e. The number of carbonyl (C=O) groups is 2. The zero-order valence-electron chi connectivity index (χ0n) is 11.9. The Kier molecular flexibility index (Phi) is 5.62. The van der Waals surface area contributed by atoms with Gasteiger partial charge in [-0.05, 0) is 30.5 Å². The van der Waals surface area contributed by atoms with Crippen molar-refractivity contribution in [2.45, 2.75) is 44.9 Å². The molecule has 1 aromatic carbocycles. The van der Waals surface area contributed by atoms with Crippen molar-refractivity contribution in [2.75, 3.05) is 5.32 Å². The SMILES string of the molecule is O=C(CCC1CCCCC1)Nc1cc(Cl)cc(C(=O)O)c1. The van der Waals surface area contributed by atoms with E-state index in [0.717, 1.165) is 6.42 Å². The van der Waals surface area contributed by atoms with E-state index in [1.54, 1.807) is 6.07 Å². The highest BCUT2D eigenvalue weighted by Crippen LogP contribution is 2.27. The lowest BCUT2D eigenvalue weighted by Crippen LogP contribution is -2.15. The molecule has 5 heteroatoms. The van der Waals surface area contributed by atoms with Crippen molar-refractivity contribution in [3.8, 4) is 0 Å². The van der Waals surface area contributed by atoms with Crippen molar-refractivity contribution < 1.29 is 14.7 Å². The van der Waals surface area contributed by atoms with Crippen molar-refractivity contribution in [3.05, 3.63) is 28.8 Å². The fraction of sp³-hybridized carbons (Fsp3) is 0.500. The van der Waals surface area contributed by atoms with Crippen LogP contribution < -0.4 is 5.32 Å². The monoisotopic (exact) mass is 309 g/mol. The van der Waals surface area contributed by atoms with Gasteiger partial charge in [0.05, 0.1) is 5.56 Å². The molecule has 2 rings (SSSR count). The summed E-state index contributed by atoms with van der Waals surface area (Å²) in [5.74, 6) is -0.493. The van der Waals surface area contributed by atoms with Crippen LogP contribution in [0.5, 0.6) is 0 Å². The number of carboxylic acids is 1. The molecule has 0 aliphatic heterocycles. The van der Waals surface area contributed by atoms with Gasteiger partial charge in [-0.15, -0.1) is 0 Å². The van der Waals surface area contributed by atoms with E-state index < -0.39 is 5.97 Å². The number of nitrogens with one attached hydrogen (secondary N) is 1. The van der Waals surface area contributed by atoms with E-state index in [1.807, 2.05) is 0 Å². The summed E-state index contributed by atoms with van der Waals surface area (Å²) in [4.78, 5) is 22.9. The minimum Gasteiger partial charge on any atom is -0.478 e. The van der Waals surface area contributed by atoms with E-state index in [1.165, 1.54) is 44.2 Å². The topological polar surface area (TPSA) is 66.4 Å². The van der Waals surface area contributed by atoms with Crippen molar-refractivity contribution in [2.24, 2.45) is 5.92 Å². The third-order valence-electron chi connectivity index (χ3n) is 3.93. The van der Waals surface area contributed by atoms with E-state index in [0.29, 0.717) is 23.0 Å². The van der Waals surface area contributed by atoms with Crippen molar-refractivity contribution in [3.63, 3.8) is 0 Å². The molecule has 0 heterocycles. The Morgan fingerprint density at radius 2 is 1.90 bits per heavy atom. The number of hydrogen-bond acceptors (Lipinski definition) is 2. The van der Waals surface area contributed by atoms with Crippen LogP contribution in [0, 0.1) is 5.92 Å². The van der Waals surface area contributed by atoms with Gasteiger partial charge in [-0.25, -0.2) is 4.79 Å². The fourth-order valence-electron chi connectivity index (χ4n) is 2.82. The number of carbonyl (C=O) groups excluding carboxylic acids is 1. The predicted molar refractivity (Wildman–Crippen MR) is 82.9 cm³/mol. The van der Waals surface area contributed by atoms with E-state index in [2.05, 4.69) is 5.32 Å². The molecule has 114 valence electrons. The van der Waals surface area contributed by atoms with Gasteiger partial charge in [-0.2, -0.15) is 0 Å². The van der Waals surface area contributed by atoms with Crippen LogP contribution in [-0.2, 0) is 4.79 Å². The first-order valence-corrected chi connectivity index (χ1v) is 7.76. The molecule has 1 amide bonds. The van der Waals surface area contributed by atoms with Gasteiger partial charge in [-0.1, -0.05) is 43.7 Å². The first kappa shape index (κ1) is 15.8. The second-order valence-corrected chi connectivity index (χ2v) is 6.06. The third-order valence-corrected chi connectivity index (χ3v) is 4.15. The molecule has 1 saturated carbocycles. The van der Waals surface area contributed by atoms with Crippen LogP contribution >= 0.6 is 11.6 Å². The highest BCUT2D eigenvalue weighted by atomic mass is 35.5. The summed E-state index contributed by atoms with van der Waals surface area (Å²) in [7, 11) is 0. The first-order chi connectivity index (χ1) is 10.0. The number of benzene rings is 1. The molecule has 1 fully saturated rings. The van der Waals surface area contributed by atoms with Crippen molar-refractivity contribution in [1.82, 2.24) is 0 Å². The molecule has 1 aliphatic carbocycles. The summed E-state index contributed by atoms with van der Waals surface area (Å²) in [6.07, 6.45) is 7.65. The molecular weight excluding hydrogens is 290 g/mol. The second kappa shape index (κ2) is 7.46. The molecule has 0 radical (unpaired) electrons. The molecule has 1 aliphatic rings. The van der Waals surface area contributed by atoms with Crippen molar-refractivity contribution in [1.29, 1.82) is 0 Å². The zero-order chi connectivity index (χ0) is 15.2.